The number of phenols is 1. The maximum absolute atomic E-state index is 14.0. The molecule has 1 fully saturated rings. The van der Waals surface area contributed by atoms with Gasteiger partial charge in [0.05, 0.1) is 18.9 Å². The lowest BCUT2D eigenvalue weighted by molar-refractivity contribution is 0.122. The first kappa shape index (κ1) is 17.5. The van der Waals surface area contributed by atoms with E-state index in [4.69, 9.17) is 4.74 Å². The van der Waals surface area contributed by atoms with E-state index in [-0.39, 0.29) is 16.3 Å². The molecule has 0 saturated carbocycles. The van der Waals surface area contributed by atoms with Crippen LogP contribution in [0.25, 0.3) is 0 Å². The molecule has 2 N–H and O–H groups in total. The number of aromatic hydroxyl groups is 1. The predicted octanol–water partition coefficient (Wildman–Crippen LogP) is 2.48. The van der Waals surface area contributed by atoms with Crippen LogP contribution in [-0.4, -0.2) is 39.8 Å². The van der Waals surface area contributed by atoms with Crippen molar-refractivity contribution in [3.63, 3.8) is 0 Å². The van der Waals surface area contributed by atoms with Gasteiger partial charge >= 0.3 is 0 Å². The van der Waals surface area contributed by atoms with Crippen molar-refractivity contribution < 1.29 is 22.7 Å². The maximum Gasteiger partial charge on any atom is 0.265 e. The van der Waals surface area contributed by atoms with Crippen LogP contribution in [-0.2, 0) is 14.8 Å². The third-order valence-electron chi connectivity index (χ3n) is 3.92. The Kier molecular flexibility index (Phi) is 4.82. The van der Waals surface area contributed by atoms with Crippen molar-refractivity contribution in [2.45, 2.75) is 11.8 Å². The molecule has 3 rings (SSSR count). The molecule has 2 aromatic rings. The van der Waals surface area contributed by atoms with Gasteiger partial charge in [-0.1, -0.05) is 6.07 Å². The molecule has 134 valence electrons. The minimum atomic E-state index is -4.04. The van der Waals surface area contributed by atoms with Crippen LogP contribution in [0.3, 0.4) is 0 Å². The van der Waals surface area contributed by atoms with Gasteiger partial charge in [-0.2, -0.15) is 0 Å². The number of anilines is 2. The minimum absolute atomic E-state index is 0.0994. The second-order valence-corrected chi connectivity index (χ2v) is 7.53. The first-order valence-electron chi connectivity index (χ1n) is 7.81. The summed E-state index contributed by atoms with van der Waals surface area (Å²) in [6.07, 6.45) is 0. The smallest absolute Gasteiger partial charge is 0.265 e. The highest BCUT2D eigenvalue weighted by molar-refractivity contribution is 7.92. The van der Waals surface area contributed by atoms with Gasteiger partial charge in [0, 0.05) is 18.8 Å². The Labute approximate surface area is 145 Å². The zero-order valence-electron chi connectivity index (χ0n) is 13.7. The van der Waals surface area contributed by atoms with Crippen molar-refractivity contribution in [2.75, 3.05) is 35.9 Å². The summed E-state index contributed by atoms with van der Waals surface area (Å²) >= 11 is 0. The fraction of sp³-hybridized carbons (Fsp3) is 0.294. The van der Waals surface area contributed by atoms with Gasteiger partial charge in [-0.05, 0) is 42.8 Å². The van der Waals surface area contributed by atoms with Crippen molar-refractivity contribution in [3.8, 4) is 5.75 Å². The first-order chi connectivity index (χ1) is 11.8. The molecule has 1 saturated heterocycles. The number of hydrogen-bond donors (Lipinski definition) is 2. The molecule has 1 heterocycles. The van der Waals surface area contributed by atoms with E-state index in [9.17, 15) is 17.9 Å². The lowest BCUT2D eigenvalue weighted by Gasteiger charge is -2.29. The van der Waals surface area contributed by atoms with Gasteiger partial charge in [0.25, 0.3) is 10.0 Å². The molecule has 25 heavy (non-hydrogen) atoms. The van der Waals surface area contributed by atoms with E-state index in [2.05, 4.69) is 4.72 Å². The number of benzene rings is 2. The molecular formula is C17H19FN2O4S. The zero-order chi connectivity index (χ0) is 18.0. The van der Waals surface area contributed by atoms with Crippen LogP contribution < -0.4 is 9.62 Å². The van der Waals surface area contributed by atoms with E-state index in [0.29, 0.717) is 37.6 Å². The normalized spacial score (nSPS) is 15.2. The largest absolute Gasteiger partial charge is 0.507 e. The number of rotatable bonds is 4. The minimum Gasteiger partial charge on any atom is -0.507 e. The van der Waals surface area contributed by atoms with E-state index in [0.717, 1.165) is 6.07 Å². The molecule has 2 aromatic carbocycles. The molecule has 1 aliphatic heterocycles. The summed E-state index contributed by atoms with van der Waals surface area (Å²) in [7, 11) is -4.04. The van der Waals surface area contributed by atoms with E-state index in [1.54, 1.807) is 19.1 Å². The number of phenolic OH excluding ortho intramolecular Hbond substituents is 1. The van der Waals surface area contributed by atoms with Crippen LogP contribution in [0.1, 0.15) is 5.56 Å². The number of halogens is 1. The van der Waals surface area contributed by atoms with Crippen molar-refractivity contribution >= 4 is 21.4 Å². The number of morpholine rings is 1. The third kappa shape index (κ3) is 4.02. The van der Waals surface area contributed by atoms with Crippen LogP contribution in [0, 0.1) is 12.7 Å². The molecule has 8 heteroatoms. The topological polar surface area (TPSA) is 78.9 Å². The standard InChI is InChI=1S/C17H19FN2O4S/c1-12-2-3-16(21)17(8-12)25(22,23)19-14-9-13(18)10-15(11-14)20-4-6-24-7-5-20/h2-3,8-11,19,21H,4-7H2,1H3. The molecule has 0 unspecified atom stereocenters. The van der Waals surface area contributed by atoms with Gasteiger partial charge in [-0.15, -0.1) is 0 Å². The van der Waals surface area contributed by atoms with Crippen LogP contribution in [0.5, 0.6) is 5.75 Å². The quantitative estimate of drug-likeness (QED) is 0.869. The van der Waals surface area contributed by atoms with E-state index < -0.39 is 15.8 Å². The van der Waals surface area contributed by atoms with Gasteiger partial charge in [0.15, 0.2) is 0 Å². The lowest BCUT2D eigenvalue weighted by Crippen LogP contribution is -2.36. The van der Waals surface area contributed by atoms with Crippen LogP contribution in [0.2, 0.25) is 0 Å². The summed E-state index contributed by atoms with van der Waals surface area (Å²) in [5.74, 6) is -0.905. The molecule has 0 bridgehead atoms. The molecule has 6 nitrogen and oxygen atoms in total. The molecule has 0 aliphatic carbocycles. The van der Waals surface area contributed by atoms with E-state index in [1.807, 2.05) is 4.90 Å². The van der Waals surface area contributed by atoms with Crippen molar-refractivity contribution in [1.82, 2.24) is 0 Å². The Morgan fingerprint density at radius 3 is 2.60 bits per heavy atom. The molecule has 0 aromatic heterocycles. The van der Waals surface area contributed by atoms with Gasteiger partial charge in [-0.25, -0.2) is 12.8 Å². The number of nitrogens with zero attached hydrogens (tertiary/aromatic N) is 1. The number of hydrogen-bond acceptors (Lipinski definition) is 5. The second-order valence-electron chi connectivity index (χ2n) is 5.87. The fourth-order valence-corrected chi connectivity index (χ4v) is 3.91. The zero-order valence-corrected chi connectivity index (χ0v) is 14.5. The Morgan fingerprint density at radius 2 is 1.88 bits per heavy atom. The Bertz CT molecular complexity index is 880. The number of ether oxygens (including phenoxy) is 1. The number of sulfonamides is 1. The summed E-state index contributed by atoms with van der Waals surface area (Å²) in [5.41, 5.74) is 1.36. The molecule has 0 radical (unpaired) electrons. The highest BCUT2D eigenvalue weighted by Crippen LogP contribution is 2.28. The average Bonchev–Trinajstić information content (AvgIpc) is 2.57. The monoisotopic (exact) mass is 366 g/mol. The van der Waals surface area contributed by atoms with Crippen molar-refractivity contribution in [1.29, 1.82) is 0 Å². The summed E-state index contributed by atoms with van der Waals surface area (Å²) in [6.45, 7) is 4.00. The number of aryl methyl sites for hydroxylation is 1. The molecule has 0 spiro atoms. The van der Waals surface area contributed by atoms with Crippen molar-refractivity contribution in [2.24, 2.45) is 0 Å². The summed E-state index contributed by atoms with van der Waals surface area (Å²) in [6, 6.07) is 8.31. The van der Waals surface area contributed by atoms with Gasteiger partial charge in [0.2, 0.25) is 0 Å². The van der Waals surface area contributed by atoms with Gasteiger partial charge in [0.1, 0.15) is 16.5 Å². The average molecular weight is 366 g/mol. The summed E-state index contributed by atoms with van der Waals surface area (Å²) < 4.78 is 46.7. The lowest BCUT2D eigenvalue weighted by atomic mass is 10.2. The summed E-state index contributed by atoms with van der Waals surface area (Å²) in [4.78, 5) is 1.68. The first-order valence-corrected chi connectivity index (χ1v) is 9.29. The number of nitrogens with one attached hydrogen (secondary N) is 1. The Balaban J connectivity index is 1.91. The van der Waals surface area contributed by atoms with Gasteiger partial charge in [-0.3, -0.25) is 4.72 Å². The van der Waals surface area contributed by atoms with E-state index >= 15 is 0 Å². The third-order valence-corrected chi connectivity index (χ3v) is 5.33. The van der Waals surface area contributed by atoms with Crippen molar-refractivity contribution in [3.05, 3.63) is 47.8 Å². The molecule has 1 aliphatic rings. The highest BCUT2D eigenvalue weighted by atomic mass is 32.2. The Hall–Kier alpha value is -2.32. The highest BCUT2D eigenvalue weighted by Gasteiger charge is 2.20. The Morgan fingerprint density at radius 1 is 1.16 bits per heavy atom. The maximum atomic E-state index is 14.0. The molecule has 0 atom stereocenters. The molecule has 0 amide bonds. The van der Waals surface area contributed by atoms with Crippen LogP contribution >= 0.6 is 0 Å². The van der Waals surface area contributed by atoms with Crippen LogP contribution in [0.15, 0.2) is 41.3 Å². The van der Waals surface area contributed by atoms with E-state index in [1.165, 1.54) is 18.2 Å². The predicted molar refractivity (Wildman–Crippen MR) is 93.1 cm³/mol. The molecular weight excluding hydrogens is 347 g/mol. The summed E-state index contributed by atoms with van der Waals surface area (Å²) in [5, 5.41) is 9.85. The SMILES string of the molecule is Cc1ccc(O)c(S(=O)(=O)Nc2cc(F)cc(N3CCOCC3)c2)c1. The fourth-order valence-electron chi connectivity index (χ4n) is 2.68. The van der Waals surface area contributed by atoms with Gasteiger partial charge < -0.3 is 14.7 Å². The second kappa shape index (κ2) is 6.89. The van der Waals surface area contributed by atoms with Crippen LogP contribution in [0.4, 0.5) is 15.8 Å².